The number of fused-ring (bicyclic) bond motifs is 1. The maximum atomic E-state index is 12.5. The Bertz CT molecular complexity index is 715. The fourth-order valence-corrected chi connectivity index (χ4v) is 4.38. The van der Waals surface area contributed by atoms with Gasteiger partial charge in [-0.15, -0.1) is 0 Å². The molecule has 1 N–H and O–H groups in total. The molecule has 0 spiro atoms. The lowest BCUT2D eigenvalue weighted by molar-refractivity contribution is 0.564. The summed E-state index contributed by atoms with van der Waals surface area (Å²) in [6.45, 7) is 1.96. The Hall–Kier alpha value is -1.50. The van der Waals surface area contributed by atoms with Crippen LogP contribution in [-0.2, 0) is 10.0 Å². The van der Waals surface area contributed by atoms with Crippen LogP contribution in [0.3, 0.4) is 0 Å². The van der Waals surface area contributed by atoms with Crippen LogP contribution in [-0.4, -0.2) is 12.2 Å². The average molecular weight is 292 g/mol. The van der Waals surface area contributed by atoms with Gasteiger partial charge in [-0.3, -0.25) is 5.43 Å². The first-order valence-corrected chi connectivity index (χ1v) is 7.95. The first kappa shape index (κ1) is 12.5. The van der Waals surface area contributed by atoms with Gasteiger partial charge in [0.25, 0.3) is 10.0 Å². The molecular formula is C13H12N2O2S2. The smallest absolute Gasteiger partial charge is 0.269 e. The van der Waals surface area contributed by atoms with Gasteiger partial charge in [0.05, 0.1) is 15.5 Å². The van der Waals surface area contributed by atoms with E-state index in [0.717, 1.165) is 16.1 Å². The molecule has 98 valence electrons. The molecule has 0 saturated heterocycles. The topological polar surface area (TPSA) is 49.4 Å². The van der Waals surface area contributed by atoms with E-state index in [1.807, 2.05) is 25.1 Å². The minimum absolute atomic E-state index is 0.278. The second kappa shape index (κ2) is 4.56. The fraction of sp³-hybridized carbons (Fsp3) is 0.0769. The van der Waals surface area contributed by atoms with Crippen LogP contribution in [0.2, 0.25) is 0 Å². The van der Waals surface area contributed by atoms with Gasteiger partial charge in [0.15, 0.2) is 0 Å². The van der Waals surface area contributed by atoms with Crippen molar-refractivity contribution in [2.45, 2.75) is 16.7 Å². The summed E-state index contributed by atoms with van der Waals surface area (Å²) in [4.78, 5) is 1.22. The third-order valence-electron chi connectivity index (χ3n) is 2.86. The summed E-state index contributed by atoms with van der Waals surface area (Å²) in [5, 5.41) is 0. The zero-order valence-electron chi connectivity index (χ0n) is 10.2. The molecule has 2 aromatic carbocycles. The first-order chi connectivity index (χ1) is 9.09. The normalized spacial score (nSPS) is 15.0. The van der Waals surface area contributed by atoms with E-state index in [-0.39, 0.29) is 4.90 Å². The SMILES string of the molecule is Cc1cccc2c1SN(S(=O)(=O)c1ccccc1)N2. The number of hydrogen-bond donors (Lipinski definition) is 1. The van der Waals surface area contributed by atoms with E-state index in [4.69, 9.17) is 0 Å². The molecule has 0 aliphatic carbocycles. The summed E-state index contributed by atoms with van der Waals surface area (Å²) in [6, 6.07) is 14.1. The van der Waals surface area contributed by atoms with E-state index < -0.39 is 10.0 Å². The van der Waals surface area contributed by atoms with Crippen molar-refractivity contribution in [2.75, 3.05) is 5.43 Å². The van der Waals surface area contributed by atoms with Crippen molar-refractivity contribution < 1.29 is 8.42 Å². The molecule has 2 aromatic rings. The quantitative estimate of drug-likeness (QED) is 0.864. The van der Waals surface area contributed by atoms with E-state index in [9.17, 15) is 8.42 Å². The Morgan fingerprint density at radius 3 is 2.47 bits per heavy atom. The van der Waals surface area contributed by atoms with E-state index in [1.165, 1.54) is 15.8 Å². The standard InChI is InChI=1S/C13H12N2O2S2/c1-10-6-5-9-12-13(10)18-15(14-12)19(16,17)11-7-3-2-4-8-11/h2-9,14H,1H3. The van der Waals surface area contributed by atoms with Gasteiger partial charge in [-0.05, 0) is 46.5 Å². The molecule has 0 aromatic heterocycles. The summed E-state index contributed by atoms with van der Waals surface area (Å²) in [5.74, 6) is 0. The zero-order valence-corrected chi connectivity index (χ0v) is 11.8. The third kappa shape index (κ3) is 2.11. The van der Waals surface area contributed by atoms with Gasteiger partial charge in [-0.2, -0.15) is 0 Å². The average Bonchev–Trinajstić information content (AvgIpc) is 2.86. The molecule has 1 aliphatic heterocycles. The molecule has 0 unspecified atom stereocenters. The molecule has 1 heterocycles. The molecule has 4 nitrogen and oxygen atoms in total. The Labute approximate surface area is 116 Å². The summed E-state index contributed by atoms with van der Waals surface area (Å²) >= 11 is 1.20. The van der Waals surface area contributed by atoms with Gasteiger partial charge in [0.1, 0.15) is 0 Å². The Kier molecular flexibility index (Phi) is 3.00. The molecule has 0 bridgehead atoms. The highest BCUT2D eigenvalue weighted by molar-refractivity contribution is 8.09. The van der Waals surface area contributed by atoms with Crippen molar-refractivity contribution in [3.8, 4) is 0 Å². The molecule has 0 radical (unpaired) electrons. The van der Waals surface area contributed by atoms with Crippen LogP contribution in [0.1, 0.15) is 5.56 Å². The number of aryl methyl sites for hydroxylation is 1. The lowest BCUT2D eigenvalue weighted by atomic mass is 10.2. The van der Waals surface area contributed by atoms with Gasteiger partial charge in [-0.25, -0.2) is 8.42 Å². The lowest BCUT2D eigenvalue weighted by Gasteiger charge is -2.14. The molecular weight excluding hydrogens is 280 g/mol. The van der Waals surface area contributed by atoms with Crippen LogP contribution in [0.5, 0.6) is 0 Å². The number of nitrogens with one attached hydrogen (secondary N) is 1. The largest absolute Gasteiger partial charge is 0.294 e. The van der Waals surface area contributed by atoms with Crippen LogP contribution in [0.25, 0.3) is 0 Å². The second-order valence-electron chi connectivity index (χ2n) is 4.20. The molecule has 19 heavy (non-hydrogen) atoms. The third-order valence-corrected chi connectivity index (χ3v) is 6.05. The monoisotopic (exact) mass is 292 g/mol. The Balaban J connectivity index is 1.97. The predicted octanol–water partition coefficient (Wildman–Crippen LogP) is 3.03. The second-order valence-corrected chi connectivity index (χ2v) is 7.17. The van der Waals surface area contributed by atoms with Gasteiger partial charge in [0, 0.05) is 0 Å². The van der Waals surface area contributed by atoms with Gasteiger partial charge in [0.2, 0.25) is 0 Å². The number of hydrazine groups is 1. The lowest BCUT2D eigenvalue weighted by Crippen LogP contribution is -2.26. The van der Waals surface area contributed by atoms with Crippen LogP contribution >= 0.6 is 11.9 Å². The van der Waals surface area contributed by atoms with Gasteiger partial charge in [-0.1, -0.05) is 30.3 Å². The molecule has 0 saturated carbocycles. The van der Waals surface area contributed by atoms with Crippen LogP contribution in [0.4, 0.5) is 5.69 Å². The van der Waals surface area contributed by atoms with E-state index in [0.29, 0.717) is 0 Å². The number of hydrogen-bond acceptors (Lipinski definition) is 4. The molecule has 0 fully saturated rings. The maximum absolute atomic E-state index is 12.5. The van der Waals surface area contributed by atoms with E-state index >= 15 is 0 Å². The van der Waals surface area contributed by atoms with Crippen molar-refractivity contribution in [2.24, 2.45) is 0 Å². The molecule has 0 amide bonds. The fourth-order valence-electron chi connectivity index (χ4n) is 1.86. The van der Waals surface area contributed by atoms with Crippen LogP contribution in [0, 0.1) is 6.92 Å². The van der Waals surface area contributed by atoms with Gasteiger partial charge < -0.3 is 0 Å². The minimum Gasteiger partial charge on any atom is -0.294 e. The van der Waals surface area contributed by atoms with Crippen molar-refractivity contribution >= 4 is 27.7 Å². The van der Waals surface area contributed by atoms with Crippen molar-refractivity contribution in [1.29, 1.82) is 0 Å². The van der Waals surface area contributed by atoms with Crippen molar-refractivity contribution in [3.05, 3.63) is 54.1 Å². The Morgan fingerprint density at radius 2 is 1.79 bits per heavy atom. The molecule has 6 heteroatoms. The highest BCUT2D eigenvalue weighted by Crippen LogP contribution is 2.42. The number of anilines is 1. The zero-order chi connectivity index (χ0) is 13.5. The maximum Gasteiger partial charge on any atom is 0.269 e. The van der Waals surface area contributed by atoms with E-state index in [2.05, 4.69) is 5.43 Å². The number of benzene rings is 2. The van der Waals surface area contributed by atoms with Crippen LogP contribution in [0.15, 0.2) is 58.3 Å². The number of nitrogens with zero attached hydrogens (tertiary/aromatic N) is 1. The number of rotatable bonds is 2. The van der Waals surface area contributed by atoms with Crippen LogP contribution < -0.4 is 5.43 Å². The molecule has 0 atom stereocenters. The molecule has 1 aliphatic rings. The highest BCUT2D eigenvalue weighted by atomic mass is 32.3. The van der Waals surface area contributed by atoms with E-state index in [1.54, 1.807) is 30.3 Å². The molecule has 3 rings (SSSR count). The predicted molar refractivity (Wildman–Crippen MR) is 76.1 cm³/mol. The van der Waals surface area contributed by atoms with Crippen molar-refractivity contribution in [3.63, 3.8) is 0 Å². The first-order valence-electron chi connectivity index (χ1n) is 5.74. The Morgan fingerprint density at radius 1 is 1.05 bits per heavy atom. The summed E-state index contributed by atoms with van der Waals surface area (Å²) in [5.41, 5.74) is 4.80. The number of sulfonamides is 1. The summed E-state index contributed by atoms with van der Waals surface area (Å²) < 4.78 is 26.1. The minimum atomic E-state index is -3.54. The highest BCUT2D eigenvalue weighted by Gasteiger charge is 2.32. The summed E-state index contributed by atoms with van der Waals surface area (Å²) in [6.07, 6.45) is 0. The summed E-state index contributed by atoms with van der Waals surface area (Å²) in [7, 11) is -3.54. The van der Waals surface area contributed by atoms with Crippen molar-refractivity contribution in [1.82, 2.24) is 3.82 Å². The van der Waals surface area contributed by atoms with Gasteiger partial charge >= 0.3 is 0 Å².